The van der Waals surface area contributed by atoms with Gasteiger partial charge in [-0.15, -0.1) is 0 Å². The number of hydrogen-bond donors (Lipinski definition) is 4. The summed E-state index contributed by atoms with van der Waals surface area (Å²) in [5.74, 6) is -3.12. The Morgan fingerprint density at radius 2 is 1.07 bits per heavy atom. The Bertz CT molecular complexity index is 1110. The number of carboxylic acid groups (broad SMARTS) is 1. The lowest BCUT2D eigenvalue weighted by Crippen LogP contribution is -2.42. The van der Waals surface area contributed by atoms with Crippen LogP contribution in [0.25, 0.3) is 0 Å². The van der Waals surface area contributed by atoms with Gasteiger partial charge in [-0.3, -0.25) is 25.2 Å². The first-order valence-electron chi connectivity index (χ1n) is 8.86. The van der Waals surface area contributed by atoms with Crippen LogP contribution in [0, 0.1) is 0 Å². The molecule has 0 atom stereocenters. The number of carboxylic acids is 1. The molecule has 3 aromatic rings. The van der Waals surface area contributed by atoms with Crippen LogP contribution < -0.4 is 16.2 Å². The number of amides is 3. The maximum absolute atomic E-state index is 12.5. The highest BCUT2D eigenvalue weighted by Gasteiger charge is 2.18. The van der Waals surface area contributed by atoms with Gasteiger partial charge in [-0.1, -0.05) is 42.5 Å². The Balaban J connectivity index is 1.72. The van der Waals surface area contributed by atoms with E-state index >= 15 is 0 Å². The maximum atomic E-state index is 12.5. The number of hydrogen-bond acceptors (Lipinski definition) is 4. The molecule has 4 N–H and O–H groups in total. The summed E-state index contributed by atoms with van der Waals surface area (Å²) in [5.41, 5.74) is 4.92. The Hall–Kier alpha value is -4.46. The summed E-state index contributed by atoms with van der Waals surface area (Å²) in [4.78, 5) is 48.5. The summed E-state index contributed by atoms with van der Waals surface area (Å²) in [6.45, 7) is 0. The van der Waals surface area contributed by atoms with Crippen LogP contribution in [0.3, 0.4) is 0 Å². The van der Waals surface area contributed by atoms with Crippen molar-refractivity contribution >= 4 is 29.4 Å². The molecular weight excluding hydrogens is 386 g/mol. The molecule has 3 amide bonds. The first kappa shape index (κ1) is 20.3. The SMILES string of the molecule is O=C(Nc1ccccc1C(=O)NNC(=O)c1ccccc1C(=O)O)c1ccccc1. The van der Waals surface area contributed by atoms with Crippen molar-refractivity contribution in [1.82, 2.24) is 10.9 Å². The van der Waals surface area contributed by atoms with Crippen LogP contribution >= 0.6 is 0 Å². The van der Waals surface area contributed by atoms with Gasteiger partial charge < -0.3 is 10.4 Å². The molecule has 0 aliphatic rings. The highest BCUT2D eigenvalue weighted by Crippen LogP contribution is 2.16. The summed E-state index contributed by atoms with van der Waals surface area (Å²) in [7, 11) is 0. The lowest BCUT2D eigenvalue weighted by molar-refractivity contribution is 0.0690. The van der Waals surface area contributed by atoms with Crippen LogP contribution in [0.2, 0.25) is 0 Å². The molecule has 3 aromatic carbocycles. The molecular formula is C22H17N3O5. The second-order valence-corrected chi connectivity index (χ2v) is 6.12. The molecule has 8 nitrogen and oxygen atoms in total. The van der Waals surface area contributed by atoms with Gasteiger partial charge >= 0.3 is 5.97 Å². The van der Waals surface area contributed by atoms with Gasteiger partial charge in [-0.05, 0) is 36.4 Å². The molecule has 0 bridgehead atoms. The van der Waals surface area contributed by atoms with Crippen molar-refractivity contribution in [3.05, 3.63) is 101 Å². The van der Waals surface area contributed by atoms with Gasteiger partial charge in [0.05, 0.1) is 22.4 Å². The first-order valence-corrected chi connectivity index (χ1v) is 8.86. The summed E-state index contributed by atoms with van der Waals surface area (Å²) in [6.07, 6.45) is 0. The zero-order valence-electron chi connectivity index (χ0n) is 15.6. The van der Waals surface area contributed by atoms with E-state index in [0.29, 0.717) is 5.56 Å². The fraction of sp³-hybridized carbons (Fsp3) is 0. The average molecular weight is 403 g/mol. The second kappa shape index (κ2) is 9.16. The zero-order chi connectivity index (χ0) is 21.5. The van der Waals surface area contributed by atoms with E-state index in [9.17, 15) is 24.3 Å². The van der Waals surface area contributed by atoms with Crippen LogP contribution in [0.15, 0.2) is 78.9 Å². The number of benzene rings is 3. The Morgan fingerprint density at radius 3 is 1.70 bits per heavy atom. The Morgan fingerprint density at radius 1 is 0.567 bits per heavy atom. The standard InChI is InChI=1S/C22H17N3O5/c26-19(14-8-2-1-3-9-14)23-18-13-7-6-12-17(18)21(28)25-24-20(27)15-10-4-5-11-16(15)22(29)30/h1-13H,(H,23,26)(H,24,27)(H,25,28)(H,29,30). The van der Waals surface area contributed by atoms with Crippen molar-refractivity contribution in [2.45, 2.75) is 0 Å². The summed E-state index contributed by atoms with van der Waals surface area (Å²) >= 11 is 0. The van der Waals surface area contributed by atoms with Crippen molar-refractivity contribution in [2.75, 3.05) is 5.32 Å². The van der Waals surface area contributed by atoms with Gasteiger partial charge in [0, 0.05) is 5.56 Å². The lowest BCUT2D eigenvalue weighted by Gasteiger charge is -2.13. The Labute approximate surface area is 171 Å². The molecule has 0 saturated heterocycles. The predicted molar refractivity (Wildman–Crippen MR) is 109 cm³/mol. The third kappa shape index (κ3) is 4.68. The van der Waals surface area contributed by atoms with Gasteiger partial charge in [0.1, 0.15) is 0 Å². The highest BCUT2D eigenvalue weighted by atomic mass is 16.4. The number of carbonyl (C=O) groups excluding carboxylic acids is 3. The monoisotopic (exact) mass is 403 g/mol. The van der Waals surface area contributed by atoms with Crippen LogP contribution in [-0.2, 0) is 0 Å². The normalized spacial score (nSPS) is 10.0. The average Bonchev–Trinajstić information content (AvgIpc) is 2.78. The number of rotatable bonds is 5. The molecule has 0 unspecified atom stereocenters. The highest BCUT2D eigenvalue weighted by molar-refractivity contribution is 6.10. The van der Waals surface area contributed by atoms with E-state index in [0.717, 1.165) is 0 Å². The number of nitrogens with one attached hydrogen (secondary N) is 3. The number of anilines is 1. The minimum atomic E-state index is -1.26. The smallest absolute Gasteiger partial charge is 0.336 e. The molecule has 3 rings (SSSR count). The van der Waals surface area contributed by atoms with Gasteiger partial charge in [-0.2, -0.15) is 0 Å². The van der Waals surface area contributed by atoms with E-state index in [2.05, 4.69) is 16.2 Å². The molecule has 0 fully saturated rings. The van der Waals surface area contributed by atoms with Crippen molar-refractivity contribution in [2.24, 2.45) is 0 Å². The van der Waals surface area contributed by atoms with Crippen molar-refractivity contribution in [3.63, 3.8) is 0 Å². The van der Waals surface area contributed by atoms with E-state index < -0.39 is 23.7 Å². The third-order valence-electron chi connectivity index (χ3n) is 4.15. The maximum Gasteiger partial charge on any atom is 0.336 e. The molecule has 0 aliphatic heterocycles. The molecule has 150 valence electrons. The number of carbonyl (C=O) groups is 4. The molecule has 0 aliphatic carbocycles. The second-order valence-electron chi connectivity index (χ2n) is 6.12. The summed E-state index contributed by atoms with van der Waals surface area (Å²) < 4.78 is 0. The number of para-hydroxylation sites is 1. The van der Waals surface area contributed by atoms with Crippen LogP contribution in [0.1, 0.15) is 41.4 Å². The Kier molecular flexibility index (Phi) is 6.19. The van der Waals surface area contributed by atoms with E-state index in [1.54, 1.807) is 48.5 Å². The zero-order valence-corrected chi connectivity index (χ0v) is 15.6. The minimum Gasteiger partial charge on any atom is -0.478 e. The first-order chi connectivity index (χ1) is 14.5. The van der Waals surface area contributed by atoms with Gasteiger partial charge in [0.15, 0.2) is 0 Å². The molecule has 30 heavy (non-hydrogen) atoms. The van der Waals surface area contributed by atoms with Gasteiger partial charge in [0.25, 0.3) is 17.7 Å². The molecule has 0 aromatic heterocycles. The van der Waals surface area contributed by atoms with Crippen molar-refractivity contribution < 1.29 is 24.3 Å². The van der Waals surface area contributed by atoms with Crippen molar-refractivity contribution in [1.29, 1.82) is 0 Å². The number of aromatic carboxylic acids is 1. The van der Waals surface area contributed by atoms with E-state index in [1.807, 2.05) is 0 Å². The quantitative estimate of drug-likeness (QED) is 0.488. The van der Waals surface area contributed by atoms with E-state index in [1.165, 1.54) is 30.3 Å². The number of hydrazine groups is 1. The van der Waals surface area contributed by atoms with Crippen LogP contribution in [0.4, 0.5) is 5.69 Å². The minimum absolute atomic E-state index is 0.101. The molecule has 0 heterocycles. The topological polar surface area (TPSA) is 125 Å². The molecule has 0 spiro atoms. The third-order valence-corrected chi connectivity index (χ3v) is 4.15. The predicted octanol–water partition coefficient (Wildman–Crippen LogP) is 2.71. The molecule has 0 radical (unpaired) electrons. The summed E-state index contributed by atoms with van der Waals surface area (Å²) in [6, 6.07) is 20.4. The largest absolute Gasteiger partial charge is 0.478 e. The van der Waals surface area contributed by atoms with Crippen molar-refractivity contribution in [3.8, 4) is 0 Å². The van der Waals surface area contributed by atoms with Crippen LogP contribution in [0.5, 0.6) is 0 Å². The van der Waals surface area contributed by atoms with Crippen LogP contribution in [-0.4, -0.2) is 28.8 Å². The van der Waals surface area contributed by atoms with Gasteiger partial charge in [-0.25, -0.2) is 4.79 Å². The summed E-state index contributed by atoms with van der Waals surface area (Å²) in [5, 5.41) is 11.8. The van der Waals surface area contributed by atoms with Gasteiger partial charge in [0.2, 0.25) is 0 Å². The fourth-order valence-corrected chi connectivity index (χ4v) is 2.69. The molecule has 8 heteroatoms. The fourth-order valence-electron chi connectivity index (χ4n) is 2.69. The lowest BCUT2D eigenvalue weighted by atomic mass is 10.1. The van der Waals surface area contributed by atoms with E-state index in [4.69, 9.17) is 0 Å². The molecule has 0 saturated carbocycles. The van der Waals surface area contributed by atoms with E-state index in [-0.39, 0.29) is 22.4 Å².